The second-order valence-corrected chi connectivity index (χ2v) is 4.41. The average Bonchev–Trinajstić information content (AvgIpc) is 2.39. The molecule has 0 heterocycles. The molecule has 1 aromatic rings. The average molecular weight is 253 g/mol. The van der Waals surface area contributed by atoms with Gasteiger partial charge in [0.15, 0.2) is 0 Å². The molecule has 0 aliphatic heterocycles. The maximum absolute atomic E-state index is 9.79. The summed E-state index contributed by atoms with van der Waals surface area (Å²) in [4.78, 5) is 0. The highest BCUT2D eigenvalue weighted by molar-refractivity contribution is 5.39. The molecule has 0 aliphatic rings. The van der Waals surface area contributed by atoms with Gasteiger partial charge in [0.1, 0.15) is 11.5 Å². The Balaban J connectivity index is 2.43. The molecule has 0 fully saturated rings. The van der Waals surface area contributed by atoms with E-state index >= 15 is 0 Å². The summed E-state index contributed by atoms with van der Waals surface area (Å²) < 4.78 is 5.03. The Morgan fingerprint density at radius 2 is 2.17 bits per heavy atom. The fraction of sp³-hybridized carbons (Fsp3) is 0.571. The molecule has 18 heavy (non-hydrogen) atoms. The zero-order valence-electron chi connectivity index (χ0n) is 11.1. The Bertz CT molecular complexity index is 355. The van der Waals surface area contributed by atoms with E-state index in [2.05, 4.69) is 12.2 Å². The molecule has 1 atom stereocenters. The van der Waals surface area contributed by atoms with Crippen LogP contribution in [0.1, 0.15) is 25.3 Å². The van der Waals surface area contributed by atoms with Crippen LogP contribution in [0.4, 0.5) is 0 Å². The summed E-state index contributed by atoms with van der Waals surface area (Å²) in [6.45, 7) is 3.82. The number of hydrogen-bond acceptors (Lipinski definition) is 4. The quantitative estimate of drug-likeness (QED) is 0.662. The molecule has 102 valence electrons. The Hall–Kier alpha value is -1.26. The lowest BCUT2D eigenvalue weighted by Crippen LogP contribution is -2.22. The largest absolute Gasteiger partial charge is 0.507 e. The van der Waals surface area contributed by atoms with Crippen LogP contribution < -0.4 is 10.1 Å². The lowest BCUT2D eigenvalue weighted by Gasteiger charge is -2.15. The topological polar surface area (TPSA) is 61.7 Å². The van der Waals surface area contributed by atoms with Gasteiger partial charge in [-0.15, -0.1) is 0 Å². The van der Waals surface area contributed by atoms with Gasteiger partial charge >= 0.3 is 0 Å². The smallest absolute Gasteiger partial charge is 0.123 e. The summed E-state index contributed by atoms with van der Waals surface area (Å²) in [5.74, 6) is 1.38. The number of hydrogen-bond donors (Lipinski definition) is 3. The summed E-state index contributed by atoms with van der Waals surface area (Å²) in [5.41, 5.74) is 0.856. The van der Waals surface area contributed by atoms with E-state index in [0.717, 1.165) is 24.9 Å². The van der Waals surface area contributed by atoms with Crippen molar-refractivity contribution in [1.29, 1.82) is 0 Å². The van der Waals surface area contributed by atoms with Gasteiger partial charge in [0.05, 0.1) is 7.11 Å². The molecule has 0 saturated heterocycles. The lowest BCUT2D eigenvalue weighted by atomic mass is 10.0. The highest BCUT2D eigenvalue weighted by Gasteiger charge is 2.06. The van der Waals surface area contributed by atoms with Crippen LogP contribution in [-0.2, 0) is 6.54 Å². The van der Waals surface area contributed by atoms with E-state index in [9.17, 15) is 5.11 Å². The number of ether oxygens (including phenoxy) is 1. The number of phenolic OH excluding ortho intramolecular Hbond substituents is 1. The third-order valence-corrected chi connectivity index (χ3v) is 3.16. The van der Waals surface area contributed by atoms with Crippen molar-refractivity contribution in [2.45, 2.75) is 26.3 Å². The summed E-state index contributed by atoms with van der Waals surface area (Å²) >= 11 is 0. The second kappa shape index (κ2) is 7.95. The van der Waals surface area contributed by atoms with Crippen LogP contribution in [0.15, 0.2) is 18.2 Å². The van der Waals surface area contributed by atoms with Crippen LogP contribution in [0.3, 0.4) is 0 Å². The zero-order chi connectivity index (χ0) is 13.4. The Labute approximate surface area is 109 Å². The van der Waals surface area contributed by atoms with E-state index in [1.54, 1.807) is 13.2 Å². The number of aliphatic hydroxyl groups is 1. The maximum Gasteiger partial charge on any atom is 0.123 e. The highest BCUT2D eigenvalue weighted by atomic mass is 16.5. The normalized spacial score (nSPS) is 12.4. The fourth-order valence-corrected chi connectivity index (χ4v) is 1.86. The van der Waals surface area contributed by atoms with E-state index in [1.807, 2.05) is 12.1 Å². The van der Waals surface area contributed by atoms with Gasteiger partial charge in [-0.1, -0.05) is 19.4 Å². The van der Waals surface area contributed by atoms with Crippen molar-refractivity contribution < 1.29 is 14.9 Å². The number of phenols is 1. The number of rotatable bonds is 8. The van der Waals surface area contributed by atoms with E-state index < -0.39 is 0 Å². The minimum atomic E-state index is 0.230. The minimum Gasteiger partial charge on any atom is -0.507 e. The van der Waals surface area contributed by atoms with Crippen molar-refractivity contribution >= 4 is 0 Å². The number of methoxy groups -OCH3 is 1. The monoisotopic (exact) mass is 253 g/mol. The van der Waals surface area contributed by atoms with E-state index in [4.69, 9.17) is 9.84 Å². The number of benzene rings is 1. The molecule has 1 unspecified atom stereocenters. The van der Waals surface area contributed by atoms with Crippen molar-refractivity contribution in [2.75, 3.05) is 20.3 Å². The molecule has 0 spiro atoms. The molecule has 1 rings (SSSR count). The highest BCUT2D eigenvalue weighted by Crippen LogP contribution is 2.23. The molecule has 4 nitrogen and oxygen atoms in total. The molecule has 1 aromatic carbocycles. The van der Waals surface area contributed by atoms with Gasteiger partial charge in [-0.05, 0) is 24.9 Å². The first-order valence-corrected chi connectivity index (χ1v) is 6.38. The van der Waals surface area contributed by atoms with Crippen molar-refractivity contribution in [3.05, 3.63) is 23.8 Å². The van der Waals surface area contributed by atoms with Gasteiger partial charge in [-0.25, -0.2) is 0 Å². The molecule has 3 N–H and O–H groups in total. The van der Waals surface area contributed by atoms with Gasteiger partial charge in [-0.2, -0.15) is 0 Å². The summed E-state index contributed by atoms with van der Waals surface area (Å²) in [6.07, 6.45) is 1.86. The van der Waals surface area contributed by atoms with Gasteiger partial charge < -0.3 is 20.3 Å². The van der Waals surface area contributed by atoms with E-state index in [0.29, 0.717) is 18.2 Å². The number of nitrogens with one attached hydrogen (secondary N) is 1. The van der Waals surface area contributed by atoms with Gasteiger partial charge in [0.2, 0.25) is 0 Å². The second-order valence-electron chi connectivity index (χ2n) is 4.41. The van der Waals surface area contributed by atoms with Gasteiger partial charge in [-0.3, -0.25) is 0 Å². The zero-order valence-corrected chi connectivity index (χ0v) is 11.1. The third kappa shape index (κ3) is 4.55. The molecule has 0 radical (unpaired) electrons. The van der Waals surface area contributed by atoms with Crippen LogP contribution in [0.5, 0.6) is 11.5 Å². The molecular weight excluding hydrogens is 230 g/mol. The van der Waals surface area contributed by atoms with Crippen LogP contribution in [0, 0.1) is 5.92 Å². The van der Waals surface area contributed by atoms with Crippen molar-refractivity contribution in [3.63, 3.8) is 0 Å². The first-order chi connectivity index (χ1) is 8.71. The number of aromatic hydroxyl groups is 1. The molecule has 0 aromatic heterocycles. The van der Waals surface area contributed by atoms with Gasteiger partial charge in [0, 0.05) is 24.8 Å². The maximum atomic E-state index is 9.79. The van der Waals surface area contributed by atoms with Crippen molar-refractivity contribution in [2.24, 2.45) is 5.92 Å². The first-order valence-electron chi connectivity index (χ1n) is 6.38. The van der Waals surface area contributed by atoms with Gasteiger partial charge in [0.25, 0.3) is 0 Å². The van der Waals surface area contributed by atoms with Crippen molar-refractivity contribution in [1.82, 2.24) is 5.32 Å². The molecule has 4 heteroatoms. The predicted octanol–water partition coefficient (Wildman–Crippen LogP) is 1.90. The fourth-order valence-electron chi connectivity index (χ4n) is 1.86. The Kier molecular flexibility index (Phi) is 6.54. The molecule has 0 bridgehead atoms. The Morgan fingerprint density at radius 3 is 2.72 bits per heavy atom. The standard InChI is InChI=1S/C14H23NO3/c1-3-11(6-7-16)9-15-10-12-4-5-13(18-2)8-14(12)17/h4-5,8,11,15-17H,3,6-7,9-10H2,1-2H3. The third-order valence-electron chi connectivity index (χ3n) is 3.16. The molecule has 0 amide bonds. The van der Waals surface area contributed by atoms with E-state index in [-0.39, 0.29) is 12.4 Å². The van der Waals surface area contributed by atoms with E-state index in [1.165, 1.54) is 0 Å². The Morgan fingerprint density at radius 1 is 1.39 bits per heavy atom. The lowest BCUT2D eigenvalue weighted by molar-refractivity contribution is 0.251. The molecule has 0 aliphatic carbocycles. The SMILES string of the molecule is CCC(CCO)CNCc1ccc(OC)cc1O. The summed E-state index contributed by atoms with van der Waals surface area (Å²) in [6, 6.07) is 5.30. The summed E-state index contributed by atoms with van der Waals surface area (Å²) in [7, 11) is 1.58. The molecular formula is C14H23NO3. The van der Waals surface area contributed by atoms with Crippen LogP contribution in [-0.4, -0.2) is 30.5 Å². The van der Waals surface area contributed by atoms with Crippen LogP contribution >= 0.6 is 0 Å². The molecule has 0 saturated carbocycles. The minimum absolute atomic E-state index is 0.230. The summed E-state index contributed by atoms with van der Waals surface area (Å²) in [5, 5.41) is 22.0. The first kappa shape index (κ1) is 14.8. The van der Waals surface area contributed by atoms with Crippen LogP contribution in [0.25, 0.3) is 0 Å². The van der Waals surface area contributed by atoms with Crippen molar-refractivity contribution in [3.8, 4) is 11.5 Å². The predicted molar refractivity (Wildman–Crippen MR) is 71.8 cm³/mol. The van der Waals surface area contributed by atoms with Crippen LogP contribution in [0.2, 0.25) is 0 Å². The number of aliphatic hydroxyl groups excluding tert-OH is 1.